The summed E-state index contributed by atoms with van der Waals surface area (Å²) in [6.45, 7) is 6.88. The molecule has 0 rings (SSSR count). The smallest absolute Gasteiger partial charge is 0.411 e. The number of carboxylic acids is 1. The van der Waals surface area contributed by atoms with E-state index in [0.29, 0.717) is 0 Å². The molecule has 0 aromatic carbocycles. The maximum Gasteiger partial charge on any atom is 0.411 e. The van der Waals surface area contributed by atoms with Gasteiger partial charge in [-0.05, 0) is 27.7 Å². The highest BCUT2D eigenvalue weighted by molar-refractivity contribution is 5.77. The third kappa shape index (κ3) is 6.86. The fraction of sp³-hybridized carbons (Fsp3) is 0.636. The average Bonchev–Trinajstić information content (AvgIpc) is 2.08. The van der Waals surface area contributed by atoms with E-state index in [0.717, 1.165) is 4.90 Å². The summed E-state index contributed by atoms with van der Waals surface area (Å²) in [5.74, 6) is -1.06. The van der Waals surface area contributed by atoms with Gasteiger partial charge in [-0.25, -0.2) is 4.79 Å². The van der Waals surface area contributed by atoms with Crippen LogP contribution in [0, 0.1) is 0 Å². The number of allylic oxidation sites excluding steroid dienone is 1. The minimum absolute atomic E-state index is 0.234. The number of carboxylic acid groups (broad SMARTS) is 1. The van der Waals surface area contributed by atoms with Crippen LogP contribution in [0.15, 0.2) is 12.2 Å². The Morgan fingerprint density at radius 2 is 1.94 bits per heavy atom. The van der Waals surface area contributed by atoms with Crippen LogP contribution in [0.25, 0.3) is 0 Å². The summed E-state index contributed by atoms with van der Waals surface area (Å²) in [6.07, 6.45) is 2.83. The predicted octanol–water partition coefficient (Wildman–Crippen LogP) is 1.88. The molecule has 5 heteroatoms. The van der Waals surface area contributed by atoms with E-state index in [2.05, 4.69) is 0 Å². The number of carbonyl (C=O) groups is 2. The second-order valence-electron chi connectivity index (χ2n) is 4.32. The van der Waals surface area contributed by atoms with Crippen molar-refractivity contribution in [1.82, 2.24) is 4.90 Å². The molecule has 0 unspecified atom stereocenters. The van der Waals surface area contributed by atoms with Crippen LogP contribution in [0.5, 0.6) is 0 Å². The summed E-state index contributed by atoms with van der Waals surface area (Å²) in [5.41, 5.74) is -0.621. The first-order chi connectivity index (χ1) is 7.26. The summed E-state index contributed by atoms with van der Waals surface area (Å²) < 4.78 is 5.09. The molecule has 0 fully saturated rings. The van der Waals surface area contributed by atoms with E-state index in [1.807, 2.05) is 0 Å². The van der Waals surface area contributed by atoms with Crippen molar-refractivity contribution >= 4 is 12.1 Å². The van der Waals surface area contributed by atoms with E-state index >= 15 is 0 Å². The molecule has 0 aliphatic rings. The Balaban J connectivity index is 4.49. The zero-order chi connectivity index (χ0) is 12.8. The highest BCUT2D eigenvalue weighted by atomic mass is 16.6. The fourth-order valence-electron chi connectivity index (χ4n) is 0.926. The molecule has 0 aromatic heterocycles. The lowest BCUT2D eigenvalue weighted by Gasteiger charge is -2.25. The standard InChI is InChI=1S/C11H19NO4/c1-5-6-7-12(8-9(13)14)10(15)16-11(2,3)4/h5-6H,7-8H2,1-4H3,(H,13,14)/b6-5+. The van der Waals surface area contributed by atoms with E-state index in [4.69, 9.17) is 9.84 Å². The lowest BCUT2D eigenvalue weighted by atomic mass is 10.2. The zero-order valence-electron chi connectivity index (χ0n) is 10.2. The number of nitrogens with zero attached hydrogens (tertiary/aromatic N) is 1. The Labute approximate surface area is 95.7 Å². The van der Waals surface area contributed by atoms with Gasteiger partial charge in [0.1, 0.15) is 12.1 Å². The Bertz CT molecular complexity index is 278. The first-order valence-corrected chi connectivity index (χ1v) is 5.07. The molecular weight excluding hydrogens is 210 g/mol. The maximum atomic E-state index is 11.6. The molecule has 1 amide bonds. The molecule has 0 aliphatic heterocycles. The number of amides is 1. The first kappa shape index (κ1) is 14.5. The van der Waals surface area contributed by atoms with Crippen LogP contribution in [-0.4, -0.2) is 40.8 Å². The van der Waals surface area contributed by atoms with Crippen LogP contribution in [0.3, 0.4) is 0 Å². The lowest BCUT2D eigenvalue weighted by Crippen LogP contribution is -2.39. The molecule has 0 aromatic rings. The molecule has 16 heavy (non-hydrogen) atoms. The minimum Gasteiger partial charge on any atom is -0.480 e. The van der Waals surface area contributed by atoms with E-state index in [1.54, 1.807) is 39.8 Å². The highest BCUT2D eigenvalue weighted by Crippen LogP contribution is 2.09. The number of ether oxygens (including phenoxy) is 1. The van der Waals surface area contributed by atoms with Gasteiger partial charge >= 0.3 is 12.1 Å². The van der Waals surface area contributed by atoms with Crippen LogP contribution in [0.2, 0.25) is 0 Å². The third-order valence-corrected chi connectivity index (χ3v) is 1.54. The number of carbonyl (C=O) groups excluding carboxylic acids is 1. The van der Waals surface area contributed by atoms with Crippen molar-refractivity contribution in [3.05, 3.63) is 12.2 Å². The molecule has 0 spiro atoms. The van der Waals surface area contributed by atoms with Gasteiger partial charge in [-0.1, -0.05) is 12.2 Å². The highest BCUT2D eigenvalue weighted by Gasteiger charge is 2.22. The fourth-order valence-corrected chi connectivity index (χ4v) is 0.926. The normalized spacial score (nSPS) is 11.5. The summed E-state index contributed by atoms with van der Waals surface area (Å²) in [7, 11) is 0. The molecule has 0 radical (unpaired) electrons. The van der Waals surface area contributed by atoms with E-state index in [-0.39, 0.29) is 13.1 Å². The van der Waals surface area contributed by atoms with E-state index in [9.17, 15) is 9.59 Å². The van der Waals surface area contributed by atoms with Crippen molar-refractivity contribution in [3.8, 4) is 0 Å². The van der Waals surface area contributed by atoms with Crippen LogP contribution in [-0.2, 0) is 9.53 Å². The van der Waals surface area contributed by atoms with Crippen molar-refractivity contribution in [2.45, 2.75) is 33.3 Å². The van der Waals surface area contributed by atoms with Crippen molar-refractivity contribution in [1.29, 1.82) is 0 Å². The zero-order valence-corrected chi connectivity index (χ0v) is 10.2. The SMILES string of the molecule is C/C=C/CN(CC(=O)O)C(=O)OC(C)(C)C. The van der Waals surface area contributed by atoms with Crippen LogP contribution >= 0.6 is 0 Å². The van der Waals surface area contributed by atoms with E-state index in [1.165, 1.54) is 0 Å². The lowest BCUT2D eigenvalue weighted by molar-refractivity contribution is -0.138. The predicted molar refractivity (Wildman–Crippen MR) is 60.3 cm³/mol. The second-order valence-corrected chi connectivity index (χ2v) is 4.32. The number of aliphatic carboxylic acids is 1. The quantitative estimate of drug-likeness (QED) is 0.747. The minimum atomic E-state index is -1.06. The third-order valence-electron chi connectivity index (χ3n) is 1.54. The molecule has 0 saturated heterocycles. The molecule has 0 aliphatic carbocycles. The van der Waals surface area contributed by atoms with Crippen LogP contribution < -0.4 is 0 Å². The van der Waals surface area contributed by atoms with Crippen LogP contribution in [0.4, 0.5) is 4.79 Å². The van der Waals surface area contributed by atoms with Crippen molar-refractivity contribution < 1.29 is 19.4 Å². The Kier molecular flexibility index (Phi) is 5.56. The number of rotatable bonds is 4. The molecule has 5 nitrogen and oxygen atoms in total. The van der Waals surface area contributed by atoms with Gasteiger partial charge in [0.2, 0.25) is 0 Å². The molecule has 1 N–H and O–H groups in total. The van der Waals surface area contributed by atoms with E-state index < -0.39 is 17.7 Å². The summed E-state index contributed by atoms with van der Waals surface area (Å²) in [4.78, 5) is 23.3. The molecule has 0 heterocycles. The molecule has 0 atom stereocenters. The molecular formula is C11H19NO4. The summed E-state index contributed by atoms with van der Waals surface area (Å²) >= 11 is 0. The van der Waals surface area contributed by atoms with Gasteiger partial charge in [0.25, 0.3) is 0 Å². The number of hydrogen-bond acceptors (Lipinski definition) is 3. The van der Waals surface area contributed by atoms with Crippen molar-refractivity contribution in [2.75, 3.05) is 13.1 Å². The van der Waals surface area contributed by atoms with Gasteiger partial charge in [0, 0.05) is 6.54 Å². The molecule has 0 saturated carbocycles. The second kappa shape index (κ2) is 6.15. The van der Waals surface area contributed by atoms with Gasteiger partial charge < -0.3 is 9.84 Å². The molecule has 92 valence electrons. The van der Waals surface area contributed by atoms with Gasteiger partial charge in [-0.15, -0.1) is 0 Å². The topological polar surface area (TPSA) is 66.8 Å². The van der Waals surface area contributed by atoms with Crippen LogP contribution in [0.1, 0.15) is 27.7 Å². The van der Waals surface area contributed by atoms with Crippen molar-refractivity contribution in [3.63, 3.8) is 0 Å². The monoisotopic (exact) mass is 229 g/mol. The van der Waals surface area contributed by atoms with Gasteiger partial charge in [0.15, 0.2) is 0 Å². The molecule has 0 bridgehead atoms. The van der Waals surface area contributed by atoms with Crippen molar-refractivity contribution in [2.24, 2.45) is 0 Å². The Morgan fingerprint density at radius 1 is 1.38 bits per heavy atom. The van der Waals surface area contributed by atoms with Gasteiger partial charge in [0.05, 0.1) is 0 Å². The summed E-state index contributed by atoms with van der Waals surface area (Å²) in [6, 6.07) is 0. The Morgan fingerprint density at radius 3 is 2.31 bits per heavy atom. The Hall–Kier alpha value is -1.52. The average molecular weight is 229 g/mol. The van der Waals surface area contributed by atoms with Gasteiger partial charge in [-0.2, -0.15) is 0 Å². The largest absolute Gasteiger partial charge is 0.480 e. The number of hydrogen-bond donors (Lipinski definition) is 1. The maximum absolute atomic E-state index is 11.6. The first-order valence-electron chi connectivity index (χ1n) is 5.07. The van der Waals surface area contributed by atoms with Gasteiger partial charge in [-0.3, -0.25) is 9.69 Å². The summed E-state index contributed by atoms with van der Waals surface area (Å²) in [5, 5.41) is 8.66.